The first kappa shape index (κ1) is 12.0. The molecule has 0 aliphatic heterocycles. The van der Waals surface area contributed by atoms with Gasteiger partial charge >= 0.3 is 0 Å². The van der Waals surface area contributed by atoms with Crippen molar-refractivity contribution < 1.29 is 9.90 Å². The molecule has 82 valence electrons. The van der Waals surface area contributed by atoms with Crippen LogP contribution < -0.4 is 5.32 Å². The Balaban J connectivity index is 2.32. The number of aromatic hydroxyl groups is 1. The maximum Gasteiger partial charge on any atom is 0.233 e. The van der Waals surface area contributed by atoms with Crippen molar-refractivity contribution in [1.29, 1.82) is 0 Å². The Morgan fingerprint density at radius 3 is 2.60 bits per heavy atom. The lowest BCUT2D eigenvalue weighted by molar-refractivity contribution is -0.120. The Hall–Kier alpha value is -1.03. The second-order valence-corrected chi connectivity index (χ2v) is 4.70. The summed E-state index contributed by atoms with van der Waals surface area (Å²) in [6.07, 6.45) is 0.770. The summed E-state index contributed by atoms with van der Waals surface area (Å²) in [7, 11) is 0. The normalized spacial score (nSPS) is 12.1. The average Bonchev–Trinajstić information content (AvgIpc) is 2.20. The molecule has 0 aliphatic carbocycles. The summed E-state index contributed by atoms with van der Waals surface area (Å²) in [6.45, 7) is 2.40. The van der Waals surface area contributed by atoms with Crippen molar-refractivity contribution in [2.45, 2.75) is 18.2 Å². The molecule has 1 unspecified atom stereocenters. The Morgan fingerprint density at radius 2 is 2.07 bits per heavy atom. The van der Waals surface area contributed by atoms with Gasteiger partial charge in [-0.25, -0.2) is 0 Å². The van der Waals surface area contributed by atoms with Gasteiger partial charge < -0.3 is 10.4 Å². The van der Waals surface area contributed by atoms with Crippen LogP contribution in [0, 0.1) is 0 Å². The van der Waals surface area contributed by atoms with Gasteiger partial charge in [0.1, 0.15) is 5.75 Å². The summed E-state index contributed by atoms with van der Waals surface area (Å²) in [5, 5.41) is 11.9. The van der Waals surface area contributed by atoms with E-state index in [-0.39, 0.29) is 16.5 Å². The van der Waals surface area contributed by atoms with Gasteiger partial charge in [-0.15, -0.1) is 0 Å². The minimum Gasteiger partial charge on any atom is -0.508 e. The predicted molar refractivity (Wildman–Crippen MR) is 63.2 cm³/mol. The lowest BCUT2D eigenvalue weighted by Gasteiger charge is -2.06. The summed E-state index contributed by atoms with van der Waals surface area (Å²) in [4.78, 5) is 11.0. The molecule has 1 atom stereocenters. The fraction of sp³-hybridized carbons (Fsp3) is 0.364. The molecular weight excluding hydrogens is 258 g/mol. The van der Waals surface area contributed by atoms with Crippen molar-refractivity contribution >= 4 is 21.8 Å². The third kappa shape index (κ3) is 4.34. The smallest absolute Gasteiger partial charge is 0.233 e. The highest BCUT2D eigenvalue weighted by Gasteiger charge is 2.06. The van der Waals surface area contributed by atoms with Crippen molar-refractivity contribution in [2.75, 3.05) is 6.54 Å². The highest BCUT2D eigenvalue weighted by Crippen LogP contribution is 2.09. The highest BCUT2D eigenvalue weighted by molar-refractivity contribution is 9.10. The molecule has 0 radical (unpaired) electrons. The highest BCUT2D eigenvalue weighted by atomic mass is 79.9. The Bertz CT molecular complexity index is 322. The standard InChI is InChI=1S/C11H14BrNO2/c1-8(12)11(15)13-7-6-9-2-4-10(14)5-3-9/h2-5,8,14H,6-7H2,1H3,(H,13,15). The maximum absolute atomic E-state index is 11.2. The number of rotatable bonds is 4. The average molecular weight is 272 g/mol. The van der Waals surface area contributed by atoms with E-state index in [4.69, 9.17) is 5.11 Å². The number of hydrogen-bond acceptors (Lipinski definition) is 2. The van der Waals surface area contributed by atoms with Crippen LogP contribution in [-0.4, -0.2) is 22.4 Å². The van der Waals surface area contributed by atoms with Gasteiger partial charge in [0.15, 0.2) is 0 Å². The molecule has 0 aliphatic rings. The number of phenolic OH excluding ortho intramolecular Hbond substituents is 1. The molecular formula is C11H14BrNO2. The minimum absolute atomic E-state index is 0.00576. The van der Waals surface area contributed by atoms with Gasteiger partial charge in [0.05, 0.1) is 4.83 Å². The SMILES string of the molecule is CC(Br)C(=O)NCCc1ccc(O)cc1. The topological polar surface area (TPSA) is 49.3 Å². The van der Waals surface area contributed by atoms with E-state index in [9.17, 15) is 4.79 Å². The molecule has 0 spiro atoms. The zero-order chi connectivity index (χ0) is 11.3. The van der Waals surface area contributed by atoms with E-state index in [1.165, 1.54) is 0 Å². The van der Waals surface area contributed by atoms with E-state index < -0.39 is 0 Å². The molecule has 0 aromatic heterocycles. The zero-order valence-corrected chi connectivity index (χ0v) is 10.1. The van der Waals surface area contributed by atoms with Crippen LogP contribution in [0.25, 0.3) is 0 Å². The number of nitrogens with one attached hydrogen (secondary N) is 1. The van der Waals surface area contributed by atoms with Crippen LogP contribution in [-0.2, 0) is 11.2 Å². The number of hydrogen-bond donors (Lipinski definition) is 2. The number of phenols is 1. The van der Waals surface area contributed by atoms with Gasteiger partial charge in [0, 0.05) is 6.54 Å². The fourth-order valence-corrected chi connectivity index (χ4v) is 1.30. The quantitative estimate of drug-likeness (QED) is 0.821. The van der Waals surface area contributed by atoms with Crippen molar-refractivity contribution in [1.82, 2.24) is 5.32 Å². The molecule has 1 rings (SSSR count). The van der Waals surface area contributed by atoms with Crippen molar-refractivity contribution in [2.24, 2.45) is 0 Å². The van der Waals surface area contributed by atoms with Crippen LogP contribution in [0.5, 0.6) is 5.75 Å². The fourth-order valence-electron chi connectivity index (χ4n) is 1.13. The number of carbonyl (C=O) groups excluding carboxylic acids is 1. The zero-order valence-electron chi connectivity index (χ0n) is 8.53. The second-order valence-electron chi connectivity index (χ2n) is 3.32. The first-order chi connectivity index (χ1) is 7.09. The number of benzene rings is 1. The number of alkyl halides is 1. The van der Waals surface area contributed by atoms with E-state index >= 15 is 0 Å². The van der Waals surface area contributed by atoms with Gasteiger partial charge in [-0.05, 0) is 31.0 Å². The van der Waals surface area contributed by atoms with Crippen molar-refractivity contribution in [3.63, 3.8) is 0 Å². The van der Waals surface area contributed by atoms with E-state index in [1.807, 2.05) is 12.1 Å². The van der Waals surface area contributed by atoms with Crippen LogP contribution in [0.15, 0.2) is 24.3 Å². The molecule has 1 amide bonds. The Labute approximate surface area is 97.6 Å². The first-order valence-corrected chi connectivity index (χ1v) is 5.71. The van der Waals surface area contributed by atoms with Gasteiger partial charge in [0.25, 0.3) is 0 Å². The van der Waals surface area contributed by atoms with Crippen molar-refractivity contribution in [3.05, 3.63) is 29.8 Å². The molecule has 0 fully saturated rings. The molecule has 0 saturated carbocycles. The maximum atomic E-state index is 11.2. The van der Waals surface area contributed by atoms with E-state index in [1.54, 1.807) is 19.1 Å². The molecule has 1 aromatic carbocycles. The molecule has 4 heteroatoms. The van der Waals surface area contributed by atoms with Crippen molar-refractivity contribution in [3.8, 4) is 5.75 Å². The van der Waals surface area contributed by atoms with Crippen LogP contribution in [0.4, 0.5) is 0 Å². The molecule has 0 saturated heterocycles. The van der Waals surface area contributed by atoms with Gasteiger partial charge in [-0.1, -0.05) is 28.1 Å². The summed E-state index contributed by atoms with van der Waals surface area (Å²) < 4.78 is 0. The third-order valence-electron chi connectivity index (χ3n) is 2.01. The second kappa shape index (κ2) is 5.75. The Morgan fingerprint density at radius 1 is 1.47 bits per heavy atom. The molecule has 2 N–H and O–H groups in total. The molecule has 0 bridgehead atoms. The lowest BCUT2D eigenvalue weighted by Crippen LogP contribution is -2.30. The molecule has 1 aromatic rings. The number of amides is 1. The molecule has 0 heterocycles. The number of halogens is 1. The molecule has 3 nitrogen and oxygen atoms in total. The van der Waals surface area contributed by atoms with Crippen LogP contribution in [0.1, 0.15) is 12.5 Å². The van der Waals surface area contributed by atoms with E-state index in [0.717, 1.165) is 12.0 Å². The summed E-state index contributed by atoms with van der Waals surface area (Å²) in [5.74, 6) is 0.255. The lowest BCUT2D eigenvalue weighted by atomic mass is 10.1. The summed E-state index contributed by atoms with van der Waals surface area (Å²) >= 11 is 3.19. The molecule has 15 heavy (non-hydrogen) atoms. The first-order valence-electron chi connectivity index (χ1n) is 4.79. The van der Waals surface area contributed by atoms with Crippen LogP contribution in [0.3, 0.4) is 0 Å². The summed E-state index contributed by atoms with van der Waals surface area (Å²) in [6, 6.07) is 6.98. The minimum atomic E-state index is -0.155. The van der Waals surface area contributed by atoms with Gasteiger partial charge in [-0.2, -0.15) is 0 Å². The van der Waals surface area contributed by atoms with Gasteiger partial charge in [-0.3, -0.25) is 4.79 Å². The monoisotopic (exact) mass is 271 g/mol. The summed E-state index contributed by atoms with van der Waals surface area (Å²) in [5.41, 5.74) is 1.09. The number of carbonyl (C=O) groups is 1. The van der Waals surface area contributed by atoms with E-state index in [0.29, 0.717) is 6.54 Å². The van der Waals surface area contributed by atoms with E-state index in [2.05, 4.69) is 21.2 Å². The Kier molecular flexibility index (Phi) is 4.62. The van der Waals surface area contributed by atoms with Crippen LogP contribution >= 0.6 is 15.9 Å². The van der Waals surface area contributed by atoms with Crippen LogP contribution in [0.2, 0.25) is 0 Å². The largest absolute Gasteiger partial charge is 0.508 e. The van der Waals surface area contributed by atoms with Gasteiger partial charge in [0.2, 0.25) is 5.91 Å². The third-order valence-corrected chi connectivity index (χ3v) is 2.43. The predicted octanol–water partition coefficient (Wildman–Crippen LogP) is 1.83.